The van der Waals surface area contributed by atoms with Gasteiger partial charge in [0.25, 0.3) is 5.56 Å². The average molecular weight is 534 g/mol. The van der Waals surface area contributed by atoms with E-state index in [1.807, 2.05) is 49.4 Å². The number of nitrogens with one attached hydrogen (secondary N) is 2. The number of aromatic amines is 1. The quantitative estimate of drug-likeness (QED) is 0.291. The van der Waals surface area contributed by atoms with Crippen LogP contribution in [0, 0.1) is 0 Å². The Balaban J connectivity index is 1.88. The molecule has 0 amide bonds. The van der Waals surface area contributed by atoms with Crippen LogP contribution >= 0.6 is 0 Å². The topological polar surface area (TPSA) is 101 Å². The molecule has 0 fully saturated rings. The summed E-state index contributed by atoms with van der Waals surface area (Å²) in [5.41, 5.74) is 5.30. The van der Waals surface area contributed by atoms with E-state index in [0.29, 0.717) is 17.5 Å². The first-order valence-corrected chi connectivity index (χ1v) is 14.6. The number of fused-ring (bicyclic) bond motifs is 1. The highest BCUT2D eigenvalue weighted by Gasteiger charge is 2.25. The molecule has 2 heterocycles. The number of aromatic nitrogens is 2. The Hall–Kier alpha value is -3.49. The summed E-state index contributed by atoms with van der Waals surface area (Å²) in [6, 6.07) is 15.3. The summed E-state index contributed by atoms with van der Waals surface area (Å²) in [6.45, 7) is 8.37. The van der Waals surface area contributed by atoms with Crippen LogP contribution in [-0.2, 0) is 15.4 Å². The fourth-order valence-electron chi connectivity index (χ4n) is 4.80. The molecular weight excluding hydrogens is 498 g/mol. The maximum atomic E-state index is 12.7. The number of H-pyrrole nitrogens is 1. The molecular formula is C30H35N3O4S. The molecule has 7 nitrogen and oxygen atoms in total. The predicted octanol–water partition coefficient (Wildman–Crippen LogP) is 5.95. The van der Waals surface area contributed by atoms with Crippen LogP contribution in [0.1, 0.15) is 57.7 Å². The minimum Gasteiger partial charge on any atom is -0.496 e. The van der Waals surface area contributed by atoms with E-state index in [0.717, 1.165) is 45.4 Å². The monoisotopic (exact) mass is 533 g/mol. The fourth-order valence-corrected chi connectivity index (χ4v) is 5.57. The molecule has 200 valence electrons. The Bertz CT molecular complexity index is 1620. The van der Waals surface area contributed by atoms with Crippen molar-refractivity contribution in [2.75, 3.05) is 13.4 Å². The SMILES string of the molecule is CCCC(NS(C)(=O)=O)c1ccc(-c2cnc3c(-c4ccc[nH]c4=O)cc(C(C)(C)C)c(OC)c3c2)cc1. The number of ether oxygens (including phenoxy) is 1. The summed E-state index contributed by atoms with van der Waals surface area (Å²) < 4.78 is 32.4. The van der Waals surface area contributed by atoms with Crippen molar-refractivity contribution in [2.24, 2.45) is 0 Å². The molecule has 1 unspecified atom stereocenters. The van der Waals surface area contributed by atoms with Gasteiger partial charge in [-0.05, 0) is 47.2 Å². The van der Waals surface area contributed by atoms with Gasteiger partial charge >= 0.3 is 0 Å². The largest absolute Gasteiger partial charge is 0.496 e. The van der Waals surface area contributed by atoms with Crippen molar-refractivity contribution in [3.05, 3.63) is 82.4 Å². The molecule has 0 radical (unpaired) electrons. The van der Waals surface area contributed by atoms with E-state index in [9.17, 15) is 13.2 Å². The van der Waals surface area contributed by atoms with Crippen molar-refractivity contribution in [3.8, 4) is 28.0 Å². The van der Waals surface area contributed by atoms with Gasteiger partial charge in [-0.1, -0.05) is 58.4 Å². The number of nitrogens with zero attached hydrogens (tertiary/aromatic N) is 1. The molecule has 0 spiro atoms. The summed E-state index contributed by atoms with van der Waals surface area (Å²) in [4.78, 5) is 20.3. The van der Waals surface area contributed by atoms with Gasteiger partial charge in [-0.25, -0.2) is 13.1 Å². The van der Waals surface area contributed by atoms with E-state index in [1.165, 1.54) is 6.26 Å². The van der Waals surface area contributed by atoms with Gasteiger partial charge in [0.15, 0.2) is 0 Å². The van der Waals surface area contributed by atoms with E-state index >= 15 is 0 Å². The minimum atomic E-state index is -3.33. The van der Waals surface area contributed by atoms with Crippen molar-refractivity contribution in [1.29, 1.82) is 0 Å². The highest BCUT2D eigenvalue weighted by Crippen LogP contribution is 2.42. The molecule has 2 aromatic heterocycles. The number of benzene rings is 2. The van der Waals surface area contributed by atoms with Crippen LogP contribution in [-0.4, -0.2) is 31.8 Å². The first-order valence-electron chi connectivity index (χ1n) is 12.7. The number of pyridine rings is 2. The first-order chi connectivity index (χ1) is 17.9. The van der Waals surface area contributed by atoms with Crippen molar-refractivity contribution in [3.63, 3.8) is 0 Å². The second-order valence-electron chi connectivity index (χ2n) is 10.6. The Morgan fingerprint density at radius 1 is 1.05 bits per heavy atom. The van der Waals surface area contributed by atoms with Gasteiger partial charge in [0.05, 0.1) is 18.9 Å². The number of hydrogen-bond acceptors (Lipinski definition) is 5. The van der Waals surface area contributed by atoms with Crippen LogP contribution in [0.4, 0.5) is 0 Å². The van der Waals surface area contributed by atoms with Gasteiger partial charge in [-0.2, -0.15) is 0 Å². The summed E-state index contributed by atoms with van der Waals surface area (Å²) in [5.74, 6) is 0.731. The van der Waals surface area contributed by atoms with Crippen molar-refractivity contribution in [1.82, 2.24) is 14.7 Å². The van der Waals surface area contributed by atoms with E-state index in [2.05, 4.69) is 30.5 Å². The molecule has 0 aliphatic heterocycles. The lowest BCUT2D eigenvalue weighted by Gasteiger charge is -2.25. The maximum absolute atomic E-state index is 12.7. The number of methoxy groups -OCH3 is 1. The Labute approximate surface area is 224 Å². The van der Waals surface area contributed by atoms with E-state index < -0.39 is 10.0 Å². The minimum absolute atomic E-state index is 0.176. The third-order valence-electron chi connectivity index (χ3n) is 6.62. The lowest BCUT2D eigenvalue weighted by Crippen LogP contribution is -2.27. The molecule has 4 aromatic rings. The lowest BCUT2D eigenvalue weighted by atomic mass is 9.83. The standard InChI is InChI=1S/C30H35N3O4S/c1-7-9-26(33-38(6,35)36)20-13-11-19(12-14-20)21-16-24-27(32-18-21)23(22-10-8-15-31-29(22)34)17-25(28(24)37-5)30(2,3)4/h8,10-18,26,33H,7,9H2,1-6H3,(H,31,34). The molecule has 2 N–H and O–H groups in total. The smallest absolute Gasteiger partial charge is 0.255 e. The van der Waals surface area contributed by atoms with Gasteiger partial charge in [0, 0.05) is 46.1 Å². The molecule has 38 heavy (non-hydrogen) atoms. The maximum Gasteiger partial charge on any atom is 0.255 e. The Morgan fingerprint density at radius 3 is 2.34 bits per heavy atom. The summed E-state index contributed by atoms with van der Waals surface area (Å²) in [6.07, 6.45) is 6.16. The molecule has 0 aliphatic carbocycles. The molecule has 0 bridgehead atoms. The van der Waals surface area contributed by atoms with Gasteiger partial charge in [0.1, 0.15) is 5.75 Å². The van der Waals surface area contributed by atoms with Gasteiger partial charge in [-0.3, -0.25) is 9.78 Å². The number of sulfonamides is 1. The Kier molecular flexibility index (Phi) is 7.76. The normalized spacial score (nSPS) is 13.0. The molecule has 0 aliphatic rings. The first kappa shape index (κ1) is 27.5. The lowest BCUT2D eigenvalue weighted by molar-refractivity contribution is 0.402. The summed E-state index contributed by atoms with van der Waals surface area (Å²) in [7, 11) is -1.68. The van der Waals surface area contributed by atoms with Crippen LogP contribution in [0.25, 0.3) is 33.2 Å². The second kappa shape index (κ2) is 10.7. The average Bonchev–Trinajstić information content (AvgIpc) is 2.86. The van der Waals surface area contributed by atoms with Crippen LogP contribution in [0.2, 0.25) is 0 Å². The zero-order valence-electron chi connectivity index (χ0n) is 22.8. The fraction of sp³-hybridized carbons (Fsp3) is 0.333. The van der Waals surface area contributed by atoms with Gasteiger partial charge < -0.3 is 9.72 Å². The van der Waals surface area contributed by atoms with E-state index in [-0.39, 0.29) is 17.0 Å². The van der Waals surface area contributed by atoms with Crippen molar-refractivity contribution >= 4 is 20.9 Å². The van der Waals surface area contributed by atoms with Crippen molar-refractivity contribution < 1.29 is 13.2 Å². The van der Waals surface area contributed by atoms with Crippen LogP contribution in [0.15, 0.2) is 65.7 Å². The number of hydrogen-bond donors (Lipinski definition) is 2. The van der Waals surface area contributed by atoms with Gasteiger partial charge in [-0.15, -0.1) is 0 Å². The predicted molar refractivity (Wildman–Crippen MR) is 154 cm³/mol. The molecule has 1 atom stereocenters. The van der Waals surface area contributed by atoms with E-state index in [4.69, 9.17) is 9.72 Å². The zero-order valence-corrected chi connectivity index (χ0v) is 23.6. The molecule has 0 saturated carbocycles. The van der Waals surface area contributed by atoms with E-state index in [1.54, 1.807) is 25.6 Å². The Morgan fingerprint density at radius 2 is 1.76 bits per heavy atom. The summed E-state index contributed by atoms with van der Waals surface area (Å²) in [5, 5.41) is 0.822. The molecule has 2 aromatic carbocycles. The van der Waals surface area contributed by atoms with Crippen molar-refractivity contribution in [2.45, 2.75) is 52.0 Å². The third kappa shape index (κ3) is 5.81. The highest BCUT2D eigenvalue weighted by atomic mass is 32.2. The zero-order chi connectivity index (χ0) is 27.7. The van der Waals surface area contributed by atoms with Crippen LogP contribution in [0.5, 0.6) is 5.75 Å². The number of rotatable bonds is 8. The third-order valence-corrected chi connectivity index (χ3v) is 7.33. The molecule has 0 saturated heterocycles. The summed E-state index contributed by atoms with van der Waals surface area (Å²) >= 11 is 0. The highest BCUT2D eigenvalue weighted by molar-refractivity contribution is 7.88. The van der Waals surface area contributed by atoms with Crippen LogP contribution in [0.3, 0.4) is 0 Å². The van der Waals surface area contributed by atoms with Gasteiger partial charge in [0.2, 0.25) is 10.0 Å². The van der Waals surface area contributed by atoms with Crippen LogP contribution < -0.4 is 15.0 Å². The molecule has 4 rings (SSSR count). The second-order valence-corrected chi connectivity index (χ2v) is 12.4. The molecule has 8 heteroatoms.